The number of primary amides is 2. The van der Waals surface area contributed by atoms with Gasteiger partial charge in [0.1, 0.15) is 13.1 Å². The van der Waals surface area contributed by atoms with Crippen molar-refractivity contribution in [2.75, 3.05) is 19.6 Å². The molecule has 0 aromatic heterocycles. The van der Waals surface area contributed by atoms with Crippen LogP contribution in [0.4, 0.5) is 4.79 Å². The van der Waals surface area contributed by atoms with Crippen LogP contribution in [0.1, 0.15) is 26.7 Å². The molecule has 0 fully saturated rings. The van der Waals surface area contributed by atoms with E-state index in [9.17, 15) is 19.2 Å². The molecule has 5 N–H and O–H groups in total. The molecular weight excluding hydrogens is 280 g/mol. The number of nitrogens with zero attached hydrogens (tertiary/aromatic N) is 2. The smallest absolute Gasteiger partial charge is 0.321 e. The third kappa shape index (κ3) is 7.75. The number of hydrogen-bond acceptors (Lipinski definition) is 4. The van der Waals surface area contributed by atoms with Gasteiger partial charge in [-0.15, -0.1) is 0 Å². The van der Waals surface area contributed by atoms with Crippen LogP contribution in [0, 0.1) is 0 Å². The normalized spacial score (nSPS) is 10.2. The molecule has 0 unspecified atom stereocenters. The molecule has 120 valence electrons. The Kier molecular flexibility index (Phi) is 7.80. The predicted octanol–water partition coefficient (Wildman–Crippen LogP) is -1.05. The Morgan fingerprint density at radius 3 is 1.86 bits per heavy atom. The first-order chi connectivity index (χ1) is 9.65. The molecule has 4 amide bonds. The summed E-state index contributed by atoms with van der Waals surface area (Å²) in [5.41, 5.74) is 10.1. The molecule has 0 heterocycles. The zero-order valence-corrected chi connectivity index (χ0v) is 12.2. The lowest BCUT2D eigenvalue weighted by molar-refractivity contribution is -0.137. The van der Waals surface area contributed by atoms with E-state index in [2.05, 4.69) is 0 Å². The van der Waals surface area contributed by atoms with E-state index in [4.69, 9.17) is 16.6 Å². The number of carbonyl (C=O) groups is 4. The highest BCUT2D eigenvalue weighted by atomic mass is 16.4. The Morgan fingerprint density at radius 1 is 1.05 bits per heavy atom. The number of amides is 4. The Labute approximate surface area is 122 Å². The lowest BCUT2D eigenvalue weighted by Crippen LogP contribution is -2.51. The number of aliphatic carboxylic acids is 1. The fourth-order valence-corrected chi connectivity index (χ4v) is 1.72. The molecule has 9 nitrogen and oxygen atoms in total. The first-order valence-electron chi connectivity index (χ1n) is 6.49. The quantitative estimate of drug-likeness (QED) is 0.497. The zero-order valence-electron chi connectivity index (χ0n) is 12.2. The van der Waals surface area contributed by atoms with Crippen molar-refractivity contribution >= 4 is 23.8 Å². The summed E-state index contributed by atoms with van der Waals surface area (Å²) in [5.74, 6) is -2.49. The van der Waals surface area contributed by atoms with Gasteiger partial charge in [-0.1, -0.05) is 0 Å². The molecule has 0 aromatic carbocycles. The van der Waals surface area contributed by atoms with Crippen molar-refractivity contribution in [1.82, 2.24) is 9.80 Å². The maximum atomic E-state index is 12.3. The number of hydrogen-bond donors (Lipinski definition) is 3. The van der Waals surface area contributed by atoms with Crippen molar-refractivity contribution in [3.63, 3.8) is 0 Å². The first kappa shape index (κ1) is 18.7. The van der Waals surface area contributed by atoms with Gasteiger partial charge in [0, 0.05) is 19.0 Å². The minimum Gasteiger partial charge on any atom is -0.481 e. The molecule has 0 saturated heterocycles. The van der Waals surface area contributed by atoms with Gasteiger partial charge < -0.3 is 26.4 Å². The standard InChI is InChI=1S/C12H22N4O5/c1-8(2)16(5-3-4-11(19)20)12(21)15(6-9(13)17)7-10(14)18/h8H,3-7H2,1-2H3,(H2,13,17)(H2,14,18)(H,19,20). The van der Waals surface area contributed by atoms with E-state index in [-0.39, 0.29) is 25.4 Å². The van der Waals surface area contributed by atoms with Crippen LogP contribution in [0.3, 0.4) is 0 Å². The van der Waals surface area contributed by atoms with E-state index in [1.165, 1.54) is 4.90 Å². The van der Waals surface area contributed by atoms with Crippen LogP contribution < -0.4 is 11.5 Å². The Balaban J connectivity index is 4.89. The molecule has 0 atom stereocenters. The van der Waals surface area contributed by atoms with E-state index in [0.717, 1.165) is 4.90 Å². The monoisotopic (exact) mass is 302 g/mol. The Bertz CT molecular complexity index is 394. The summed E-state index contributed by atoms with van der Waals surface area (Å²) in [5, 5.41) is 8.61. The molecule has 9 heteroatoms. The maximum Gasteiger partial charge on any atom is 0.321 e. The summed E-state index contributed by atoms with van der Waals surface area (Å²) in [6.07, 6.45) is 0.183. The van der Waals surface area contributed by atoms with Gasteiger partial charge in [-0.3, -0.25) is 14.4 Å². The molecular formula is C12H22N4O5. The summed E-state index contributed by atoms with van der Waals surface area (Å²) in [6, 6.07) is -0.803. The van der Waals surface area contributed by atoms with Gasteiger partial charge >= 0.3 is 12.0 Å². The van der Waals surface area contributed by atoms with Gasteiger partial charge in [0.05, 0.1) is 0 Å². The second kappa shape index (κ2) is 8.77. The number of nitrogens with two attached hydrogens (primary N) is 2. The number of carboxylic acids is 1. The third-order valence-corrected chi connectivity index (χ3v) is 2.62. The minimum absolute atomic E-state index is 0.0812. The molecule has 0 aliphatic rings. The van der Waals surface area contributed by atoms with E-state index >= 15 is 0 Å². The lowest BCUT2D eigenvalue weighted by Gasteiger charge is -2.32. The highest BCUT2D eigenvalue weighted by Gasteiger charge is 2.25. The highest BCUT2D eigenvalue weighted by Crippen LogP contribution is 2.07. The van der Waals surface area contributed by atoms with Crippen molar-refractivity contribution in [2.45, 2.75) is 32.7 Å². The molecule has 0 saturated carbocycles. The zero-order chi connectivity index (χ0) is 16.6. The third-order valence-electron chi connectivity index (χ3n) is 2.62. The van der Waals surface area contributed by atoms with Gasteiger partial charge in [-0.2, -0.15) is 0 Å². The highest BCUT2D eigenvalue weighted by molar-refractivity contribution is 5.87. The van der Waals surface area contributed by atoms with Crippen LogP contribution in [0.25, 0.3) is 0 Å². The van der Waals surface area contributed by atoms with Crippen LogP contribution in [0.15, 0.2) is 0 Å². The average molecular weight is 302 g/mol. The second-order valence-corrected chi connectivity index (χ2v) is 4.86. The van der Waals surface area contributed by atoms with Crippen molar-refractivity contribution in [2.24, 2.45) is 11.5 Å². The van der Waals surface area contributed by atoms with Crippen molar-refractivity contribution in [3.8, 4) is 0 Å². The summed E-state index contributed by atoms with van der Waals surface area (Å²) < 4.78 is 0. The van der Waals surface area contributed by atoms with Crippen molar-refractivity contribution in [1.29, 1.82) is 0 Å². The summed E-state index contributed by atoms with van der Waals surface area (Å²) >= 11 is 0. The molecule has 0 bridgehead atoms. The summed E-state index contributed by atoms with van der Waals surface area (Å²) in [6.45, 7) is 2.82. The van der Waals surface area contributed by atoms with E-state index in [1.807, 2.05) is 0 Å². The van der Waals surface area contributed by atoms with E-state index in [1.54, 1.807) is 13.8 Å². The van der Waals surface area contributed by atoms with Crippen LogP contribution in [0.5, 0.6) is 0 Å². The summed E-state index contributed by atoms with van der Waals surface area (Å²) in [7, 11) is 0. The number of carbonyl (C=O) groups excluding carboxylic acids is 3. The van der Waals surface area contributed by atoms with Gasteiger partial charge in [0.2, 0.25) is 11.8 Å². The molecule has 21 heavy (non-hydrogen) atoms. The minimum atomic E-state index is -0.961. The molecule has 0 aromatic rings. The van der Waals surface area contributed by atoms with Gasteiger partial charge in [0.25, 0.3) is 0 Å². The van der Waals surface area contributed by atoms with Crippen LogP contribution in [-0.4, -0.2) is 64.4 Å². The lowest BCUT2D eigenvalue weighted by atomic mass is 10.2. The number of urea groups is 1. The number of carboxylic acid groups (broad SMARTS) is 1. The van der Waals surface area contributed by atoms with E-state index in [0.29, 0.717) is 0 Å². The predicted molar refractivity (Wildman–Crippen MR) is 74.1 cm³/mol. The van der Waals surface area contributed by atoms with Gasteiger partial charge in [-0.05, 0) is 20.3 Å². The second-order valence-electron chi connectivity index (χ2n) is 4.86. The SMILES string of the molecule is CC(C)N(CCCC(=O)O)C(=O)N(CC(N)=O)CC(N)=O. The summed E-state index contributed by atoms with van der Waals surface area (Å²) in [4.78, 5) is 47.1. The molecule has 0 rings (SSSR count). The molecule has 0 spiro atoms. The average Bonchev–Trinajstić information content (AvgIpc) is 2.31. The fourth-order valence-electron chi connectivity index (χ4n) is 1.72. The molecule has 0 radical (unpaired) electrons. The molecule has 0 aliphatic heterocycles. The first-order valence-corrected chi connectivity index (χ1v) is 6.49. The maximum absolute atomic E-state index is 12.3. The largest absolute Gasteiger partial charge is 0.481 e. The van der Waals surface area contributed by atoms with Crippen molar-refractivity contribution in [3.05, 3.63) is 0 Å². The number of rotatable bonds is 9. The fraction of sp³-hybridized carbons (Fsp3) is 0.667. The Morgan fingerprint density at radius 2 is 1.52 bits per heavy atom. The van der Waals surface area contributed by atoms with Crippen molar-refractivity contribution < 1.29 is 24.3 Å². The van der Waals surface area contributed by atoms with Crippen LogP contribution in [0.2, 0.25) is 0 Å². The van der Waals surface area contributed by atoms with Gasteiger partial charge in [-0.25, -0.2) is 4.79 Å². The van der Waals surface area contributed by atoms with E-state index < -0.39 is 36.9 Å². The molecule has 0 aliphatic carbocycles. The van der Waals surface area contributed by atoms with Crippen LogP contribution in [-0.2, 0) is 14.4 Å². The van der Waals surface area contributed by atoms with Gasteiger partial charge in [0.15, 0.2) is 0 Å². The topological polar surface area (TPSA) is 147 Å². The Hall–Kier alpha value is -2.32. The van der Waals surface area contributed by atoms with Crippen LogP contribution >= 0.6 is 0 Å².